The molecule has 0 fully saturated rings. The minimum absolute atomic E-state index is 0.994. The second-order valence-electron chi connectivity index (χ2n) is 1.90. The minimum atomic E-state index is 0.994. The van der Waals surface area contributed by atoms with Gasteiger partial charge in [0.15, 0.2) is 0 Å². The Morgan fingerprint density at radius 1 is 1.44 bits per heavy atom. The first-order valence-electron chi connectivity index (χ1n) is 3.45. The summed E-state index contributed by atoms with van der Waals surface area (Å²) in [6.07, 6.45) is 4.34. The van der Waals surface area contributed by atoms with E-state index in [1.54, 1.807) is 0 Å². The quantitative estimate of drug-likeness (QED) is 0.395. The van der Waals surface area contributed by atoms with Crippen LogP contribution in [0.4, 0.5) is 0 Å². The van der Waals surface area contributed by atoms with E-state index in [-0.39, 0.29) is 0 Å². The molecule has 0 bridgehead atoms. The molecule has 0 aliphatic heterocycles. The van der Waals surface area contributed by atoms with Crippen LogP contribution >= 0.6 is 0 Å². The van der Waals surface area contributed by atoms with Crippen LogP contribution in [0, 0.1) is 11.5 Å². The Hall–Kier alpha value is -0.483. The highest BCUT2D eigenvalue weighted by Crippen LogP contribution is 2.03. The van der Waals surface area contributed by atoms with Crippen molar-refractivity contribution >= 4 is 10.2 Å². The molecule has 0 saturated carbocycles. The van der Waals surface area contributed by atoms with Crippen LogP contribution in [-0.4, -0.2) is 10.2 Å². The van der Waals surface area contributed by atoms with Crippen molar-refractivity contribution in [2.24, 2.45) is 0 Å². The van der Waals surface area contributed by atoms with E-state index in [2.05, 4.69) is 25.3 Å². The van der Waals surface area contributed by atoms with E-state index in [9.17, 15) is 0 Å². The second kappa shape index (κ2) is 5.65. The van der Waals surface area contributed by atoms with Gasteiger partial charge in [0.1, 0.15) is 0 Å². The van der Waals surface area contributed by atoms with Gasteiger partial charge in [0.2, 0.25) is 0 Å². The van der Waals surface area contributed by atoms with Gasteiger partial charge in [0.25, 0.3) is 0 Å². The Kier molecular flexibility index (Phi) is 5.35. The maximum absolute atomic E-state index is 3.00. The molecule has 0 unspecified atom stereocenters. The Morgan fingerprint density at radius 3 is 2.33 bits per heavy atom. The van der Waals surface area contributed by atoms with Crippen molar-refractivity contribution < 1.29 is 0 Å². The molecule has 0 amide bonds. The lowest BCUT2D eigenvalue weighted by Crippen LogP contribution is -1.74. The molecule has 0 N–H and O–H groups in total. The predicted molar refractivity (Wildman–Crippen MR) is 46.4 cm³/mol. The SMILES string of the molecule is CCC(=CC#C[SiH3])CC. The summed E-state index contributed by atoms with van der Waals surface area (Å²) < 4.78 is 0. The average Bonchev–Trinajstić information content (AvgIpc) is 1.91. The molecule has 9 heavy (non-hydrogen) atoms. The highest BCUT2D eigenvalue weighted by Gasteiger charge is 1.84. The molecule has 0 aromatic carbocycles. The molecule has 0 rings (SSSR count). The summed E-state index contributed by atoms with van der Waals surface area (Å²) in [6, 6.07) is 0. The monoisotopic (exact) mass is 138 g/mol. The summed E-state index contributed by atoms with van der Waals surface area (Å²) in [7, 11) is 0.994. The van der Waals surface area contributed by atoms with E-state index in [1.807, 2.05) is 6.08 Å². The van der Waals surface area contributed by atoms with Gasteiger partial charge in [-0.1, -0.05) is 25.3 Å². The molecule has 0 aromatic heterocycles. The maximum atomic E-state index is 3.00. The zero-order valence-corrected chi connectivity index (χ0v) is 8.49. The van der Waals surface area contributed by atoms with Crippen molar-refractivity contribution in [1.82, 2.24) is 0 Å². The minimum Gasteiger partial charge on any atom is -0.139 e. The molecule has 0 aliphatic rings. The average molecular weight is 138 g/mol. The number of rotatable bonds is 2. The van der Waals surface area contributed by atoms with Crippen molar-refractivity contribution in [1.29, 1.82) is 0 Å². The van der Waals surface area contributed by atoms with Crippen molar-refractivity contribution in [3.05, 3.63) is 11.6 Å². The third-order valence-electron chi connectivity index (χ3n) is 1.33. The molecular formula is C8H14Si. The van der Waals surface area contributed by atoms with Gasteiger partial charge < -0.3 is 0 Å². The summed E-state index contributed by atoms with van der Waals surface area (Å²) in [4.78, 5) is 0. The largest absolute Gasteiger partial charge is 0.139 e. The van der Waals surface area contributed by atoms with Crippen molar-refractivity contribution in [2.75, 3.05) is 0 Å². The summed E-state index contributed by atoms with van der Waals surface area (Å²) in [5.74, 6) is 3.00. The van der Waals surface area contributed by atoms with Crippen LogP contribution in [0.25, 0.3) is 0 Å². The number of hydrogen-bond donors (Lipinski definition) is 0. The van der Waals surface area contributed by atoms with E-state index in [1.165, 1.54) is 5.57 Å². The highest BCUT2D eigenvalue weighted by atomic mass is 28.1. The Morgan fingerprint density at radius 2 is 2.00 bits per heavy atom. The molecule has 0 atom stereocenters. The lowest BCUT2D eigenvalue weighted by atomic mass is 10.1. The van der Waals surface area contributed by atoms with Crippen LogP contribution in [-0.2, 0) is 0 Å². The van der Waals surface area contributed by atoms with E-state index >= 15 is 0 Å². The molecule has 0 spiro atoms. The number of hydrogen-bond acceptors (Lipinski definition) is 0. The van der Waals surface area contributed by atoms with Gasteiger partial charge in [-0.3, -0.25) is 0 Å². The summed E-state index contributed by atoms with van der Waals surface area (Å²) >= 11 is 0. The Bertz CT molecular complexity index is 140. The summed E-state index contributed by atoms with van der Waals surface area (Å²) in [6.45, 7) is 4.34. The molecule has 1 heteroatoms. The first-order chi connectivity index (χ1) is 4.35. The molecular weight excluding hydrogens is 124 g/mol. The van der Waals surface area contributed by atoms with Crippen LogP contribution in [0.2, 0.25) is 0 Å². The third-order valence-corrected chi connectivity index (χ3v) is 1.62. The van der Waals surface area contributed by atoms with E-state index in [4.69, 9.17) is 0 Å². The van der Waals surface area contributed by atoms with Crippen molar-refractivity contribution in [3.8, 4) is 11.5 Å². The number of allylic oxidation sites excluding steroid dienone is 2. The lowest BCUT2D eigenvalue weighted by molar-refractivity contribution is 0.980. The van der Waals surface area contributed by atoms with Gasteiger partial charge in [-0.25, -0.2) is 0 Å². The Balaban J connectivity index is 3.86. The highest BCUT2D eigenvalue weighted by molar-refractivity contribution is 6.22. The second-order valence-corrected chi connectivity index (χ2v) is 2.40. The standard InChI is InChI=1S/C8H14Si/c1-3-8(4-2)6-5-7-9/h6H,3-4H2,1-2,9H3. The van der Waals surface area contributed by atoms with Crippen LogP contribution in [0.5, 0.6) is 0 Å². The molecule has 0 nitrogen and oxygen atoms in total. The van der Waals surface area contributed by atoms with Crippen LogP contribution in [0.1, 0.15) is 26.7 Å². The van der Waals surface area contributed by atoms with Gasteiger partial charge in [-0.2, -0.15) is 0 Å². The van der Waals surface area contributed by atoms with Gasteiger partial charge >= 0.3 is 0 Å². The normalized spacial score (nSPS) is 7.78. The smallest absolute Gasteiger partial charge is 0.0911 e. The van der Waals surface area contributed by atoms with E-state index in [0.717, 1.165) is 23.1 Å². The molecule has 0 radical (unpaired) electrons. The van der Waals surface area contributed by atoms with Gasteiger partial charge in [0, 0.05) is 0 Å². The fourth-order valence-electron chi connectivity index (χ4n) is 0.628. The molecule has 0 saturated heterocycles. The van der Waals surface area contributed by atoms with Crippen molar-refractivity contribution in [3.63, 3.8) is 0 Å². The fraction of sp³-hybridized carbons (Fsp3) is 0.500. The van der Waals surface area contributed by atoms with Gasteiger partial charge in [-0.15, -0.1) is 5.54 Å². The first kappa shape index (κ1) is 8.52. The fourth-order valence-corrected chi connectivity index (χ4v) is 0.773. The van der Waals surface area contributed by atoms with Crippen LogP contribution in [0.3, 0.4) is 0 Å². The van der Waals surface area contributed by atoms with Crippen LogP contribution in [0.15, 0.2) is 11.6 Å². The van der Waals surface area contributed by atoms with Crippen molar-refractivity contribution in [2.45, 2.75) is 26.7 Å². The summed E-state index contributed by atoms with van der Waals surface area (Å²) in [5.41, 5.74) is 4.44. The first-order valence-corrected chi connectivity index (χ1v) is 4.45. The summed E-state index contributed by atoms with van der Waals surface area (Å²) in [5, 5.41) is 0. The third kappa shape index (κ3) is 4.05. The zero-order valence-electron chi connectivity index (χ0n) is 6.49. The molecule has 50 valence electrons. The topological polar surface area (TPSA) is 0 Å². The van der Waals surface area contributed by atoms with E-state index in [0.29, 0.717) is 0 Å². The molecule has 0 heterocycles. The van der Waals surface area contributed by atoms with E-state index < -0.39 is 0 Å². The maximum Gasteiger partial charge on any atom is 0.0911 e. The predicted octanol–water partition coefficient (Wildman–Crippen LogP) is 1.06. The lowest BCUT2D eigenvalue weighted by Gasteiger charge is -1.93. The molecule has 0 aliphatic carbocycles. The Labute approximate surface area is 60.8 Å². The van der Waals surface area contributed by atoms with Gasteiger partial charge in [0.05, 0.1) is 10.2 Å². The zero-order chi connectivity index (χ0) is 7.11. The van der Waals surface area contributed by atoms with Crippen LogP contribution < -0.4 is 0 Å². The molecule has 0 aromatic rings. The van der Waals surface area contributed by atoms with Gasteiger partial charge in [-0.05, 0) is 18.9 Å².